The maximum atomic E-state index is 12.4. The van der Waals surface area contributed by atoms with Gasteiger partial charge in [-0.3, -0.25) is 4.79 Å². The second-order valence-electron chi connectivity index (χ2n) is 8.53. The average molecular weight is 442 g/mol. The molecular weight excluding hydrogens is 418 g/mol. The van der Waals surface area contributed by atoms with Gasteiger partial charge in [0.15, 0.2) is 0 Å². The van der Waals surface area contributed by atoms with Gasteiger partial charge in [0.1, 0.15) is 5.75 Å². The van der Waals surface area contributed by atoms with Gasteiger partial charge in [-0.2, -0.15) is 0 Å². The first-order valence-electron chi connectivity index (χ1n) is 9.16. The van der Waals surface area contributed by atoms with Gasteiger partial charge in [-0.1, -0.05) is 6.07 Å². The lowest BCUT2D eigenvalue weighted by Crippen LogP contribution is -2.48. The molecule has 1 aromatic carbocycles. The lowest BCUT2D eigenvalue weighted by atomic mass is 9.50. The van der Waals surface area contributed by atoms with Crippen LogP contribution in [-0.2, 0) is 10.0 Å². The molecule has 7 heteroatoms. The molecule has 0 atom stereocenters. The van der Waals surface area contributed by atoms with Crippen LogP contribution in [0.5, 0.6) is 5.75 Å². The fourth-order valence-corrected chi connectivity index (χ4v) is 6.68. The first-order valence-corrected chi connectivity index (χ1v) is 11.8. The number of benzene rings is 1. The predicted molar refractivity (Wildman–Crippen MR) is 103 cm³/mol. The van der Waals surface area contributed by atoms with E-state index in [-0.39, 0.29) is 11.0 Å². The zero-order chi connectivity index (χ0) is 18.5. The first-order chi connectivity index (χ1) is 12.2. The maximum Gasteiger partial charge on any atom is 0.268 e. The number of rotatable bonds is 5. The number of carbonyl (C=O) groups is 1. The Balaban J connectivity index is 1.54. The minimum atomic E-state index is -3.62. The number of hydrogen-bond acceptors (Lipinski definition) is 4. The molecular formula is C19H24BrNO4S. The number of hydrogen-bond donors (Lipinski definition) is 1. The predicted octanol–water partition coefficient (Wildman–Crippen LogP) is 3.73. The van der Waals surface area contributed by atoms with E-state index in [1.54, 1.807) is 12.1 Å². The van der Waals surface area contributed by atoms with E-state index in [0.29, 0.717) is 16.8 Å². The van der Waals surface area contributed by atoms with Crippen molar-refractivity contribution in [2.75, 3.05) is 12.9 Å². The van der Waals surface area contributed by atoms with Gasteiger partial charge in [-0.15, -0.1) is 0 Å². The Morgan fingerprint density at radius 3 is 2.31 bits per heavy atom. The standard InChI is InChI=1S/C19H24BrNO4S/c1-26(23,24)21-18(22)15-3-2-4-16(20)17(15)25-11-19-8-12-5-13(9-19)7-14(6-12)10-19/h2-4,12-14H,5-11H2,1H3,(H,21,22). The molecule has 4 aliphatic rings. The molecule has 0 aromatic heterocycles. The van der Waals surface area contributed by atoms with Gasteiger partial charge in [0.2, 0.25) is 10.0 Å². The highest BCUT2D eigenvalue weighted by atomic mass is 79.9. The van der Waals surface area contributed by atoms with Crippen LogP contribution in [0.2, 0.25) is 0 Å². The largest absolute Gasteiger partial charge is 0.491 e. The van der Waals surface area contributed by atoms with Crippen LogP contribution in [0.1, 0.15) is 48.9 Å². The van der Waals surface area contributed by atoms with Crippen molar-refractivity contribution in [2.24, 2.45) is 23.2 Å². The summed E-state index contributed by atoms with van der Waals surface area (Å²) < 4.78 is 31.7. The molecule has 1 amide bonds. The van der Waals surface area contributed by atoms with E-state index < -0.39 is 15.9 Å². The number of ether oxygens (including phenoxy) is 1. The summed E-state index contributed by atoms with van der Waals surface area (Å²) in [7, 11) is -3.62. The Bertz CT molecular complexity index is 801. The van der Waals surface area contributed by atoms with E-state index in [9.17, 15) is 13.2 Å². The quantitative estimate of drug-likeness (QED) is 0.754. The maximum absolute atomic E-state index is 12.4. The lowest BCUT2D eigenvalue weighted by molar-refractivity contribution is -0.0747. The van der Waals surface area contributed by atoms with Crippen molar-refractivity contribution in [2.45, 2.75) is 38.5 Å². The molecule has 4 bridgehead atoms. The molecule has 5 nitrogen and oxygen atoms in total. The van der Waals surface area contributed by atoms with Gasteiger partial charge in [0.25, 0.3) is 5.91 Å². The van der Waals surface area contributed by atoms with E-state index in [1.165, 1.54) is 38.5 Å². The Morgan fingerprint density at radius 2 is 1.77 bits per heavy atom. The molecule has 0 aliphatic heterocycles. The van der Waals surface area contributed by atoms with Crippen LogP contribution in [0.15, 0.2) is 22.7 Å². The highest BCUT2D eigenvalue weighted by molar-refractivity contribution is 9.10. The number of para-hydroxylation sites is 1. The number of sulfonamides is 1. The van der Waals surface area contributed by atoms with Gasteiger partial charge in [0, 0.05) is 5.41 Å². The summed E-state index contributed by atoms with van der Waals surface area (Å²) in [5.41, 5.74) is 0.462. The summed E-state index contributed by atoms with van der Waals surface area (Å²) in [6.07, 6.45) is 8.73. The van der Waals surface area contributed by atoms with E-state index in [1.807, 2.05) is 10.8 Å². The van der Waals surface area contributed by atoms with E-state index in [4.69, 9.17) is 4.74 Å². The van der Waals surface area contributed by atoms with Crippen molar-refractivity contribution in [3.05, 3.63) is 28.2 Å². The Kier molecular flexibility index (Phi) is 4.58. The number of carbonyl (C=O) groups excluding carboxylic acids is 1. The average Bonchev–Trinajstić information content (AvgIpc) is 2.50. The van der Waals surface area contributed by atoms with Crippen molar-refractivity contribution < 1.29 is 17.9 Å². The van der Waals surface area contributed by atoms with E-state index >= 15 is 0 Å². The molecule has 1 aromatic rings. The number of nitrogens with one attached hydrogen (secondary N) is 1. The molecule has 26 heavy (non-hydrogen) atoms. The summed E-state index contributed by atoms with van der Waals surface area (Å²) in [5.74, 6) is 2.27. The second-order valence-corrected chi connectivity index (χ2v) is 11.1. The molecule has 4 saturated carbocycles. The molecule has 1 N–H and O–H groups in total. The van der Waals surface area contributed by atoms with Crippen LogP contribution in [0.3, 0.4) is 0 Å². The van der Waals surface area contributed by atoms with Gasteiger partial charge >= 0.3 is 0 Å². The van der Waals surface area contributed by atoms with Gasteiger partial charge < -0.3 is 4.74 Å². The van der Waals surface area contributed by atoms with Crippen LogP contribution >= 0.6 is 15.9 Å². The highest BCUT2D eigenvalue weighted by Crippen LogP contribution is 2.60. The first kappa shape index (κ1) is 18.3. The van der Waals surface area contributed by atoms with Crippen LogP contribution in [0, 0.1) is 23.2 Å². The Morgan fingerprint density at radius 1 is 1.19 bits per heavy atom. The molecule has 0 unspecified atom stereocenters. The molecule has 0 spiro atoms. The zero-order valence-electron chi connectivity index (χ0n) is 14.8. The molecule has 142 valence electrons. The van der Waals surface area contributed by atoms with Gasteiger partial charge in [-0.05, 0) is 84.3 Å². The van der Waals surface area contributed by atoms with Gasteiger partial charge in [0.05, 0.1) is 22.9 Å². The van der Waals surface area contributed by atoms with Crippen LogP contribution in [0.25, 0.3) is 0 Å². The summed E-state index contributed by atoms with van der Waals surface area (Å²) in [6, 6.07) is 5.12. The van der Waals surface area contributed by atoms with E-state index in [2.05, 4.69) is 15.9 Å². The fourth-order valence-electron chi connectivity index (χ4n) is 5.75. The molecule has 4 fully saturated rings. The Hall–Kier alpha value is -1.08. The smallest absolute Gasteiger partial charge is 0.268 e. The summed E-state index contributed by atoms with van der Waals surface area (Å²) in [4.78, 5) is 12.4. The molecule has 0 heterocycles. The third-order valence-electron chi connectivity index (χ3n) is 6.18. The van der Waals surface area contributed by atoms with Crippen molar-refractivity contribution >= 4 is 31.9 Å². The zero-order valence-corrected chi connectivity index (χ0v) is 17.2. The van der Waals surface area contributed by atoms with Crippen molar-refractivity contribution in [3.8, 4) is 5.75 Å². The topological polar surface area (TPSA) is 72.5 Å². The Labute approximate surface area is 163 Å². The second kappa shape index (κ2) is 6.51. The van der Waals surface area contributed by atoms with Crippen molar-refractivity contribution in [3.63, 3.8) is 0 Å². The van der Waals surface area contributed by atoms with Crippen LogP contribution in [-0.4, -0.2) is 27.2 Å². The van der Waals surface area contributed by atoms with Crippen LogP contribution < -0.4 is 9.46 Å². The monoisotopic (exact) mass is 441 g/mol. The molecule has 5 rings (SSSR count). The van der Waals surface area contributed by atoms with Crippen molar-refractivity contribution in [1.29, 1.82) is 0 Å². The highest BCUT2D eigenvalue weighted by Gasteiger charge is 2.51. The van der Waals surface area contributed by atoms with Gasteiger partial charge in [-0.25, -0.2) is 13.1 Å². The summed E-state index contributed by atoms with van der Waals surface area (Å²) in [6.45, 7) is 0.596. The summed E-state index contributed by atoms with van der Waals surface area (Å²) in [5, 5.41) is 0. The molecule has 0 radical (unpaired) electrons. The number of amides is 1. The van der Waals surface area contributed by atoms with Crippen LogP contribution in [0.4, 0.5) is 0 Å². The number of halogens is 1. The third kappa shape index (κ3) is 3.65. The minimum Gasteiger partial charge on any atom is -0.491 e. The van der Waals surface area contributed by atoms with Crippen molar-refractivity contribution in [1.82, 2.24) is 4.72 Å². The fraction of sp³-hybridized carbons (Fsp3) is 0.632. The molecule has 4 aliphatic carbocycles. The normalized spacial score (nSPS) is 32.5. The molecule has 0 saturated heterocycles. The summed E-state index contributed by atoms with van der Waals surface area (Å²) >= 11 is 3.45. The lowest BCUT2D eigenvalue weighted by Gasteiger charge is -2.56. The van der Waals surface area contributed by atoms with E-state index in [0.717, 1.165) is 24.0 Å². The minimum absolute atomic E-state index is 0.217. The third-order valence-corrected chi connectivity index (χ3v) is 7.36. The SMILES string of the molecule is CS(=O)(=O)NC(=O)c1cccc(Br)c1OCC12CC3CC(CC(C3)C1)C2.